The van der Waals surface area contributed by atoms with Gasteiger partial charge in [0.15, 0.2) is 0 Å². The van der Waals surface area contributed by atoms with Gasteiger partial charge in [0.25, 0.3) is 0 Å². The molecule has 0 unspecified atom stereocenters. The third-order valence-electron chi connectivity index (χ3n) is 3.42. The van der Waals surface area contributed by atoms with Crippen molar-refractivity contribution in [2.75, 3.05) is 5.32 Å². The van der Waals surface area contributed by atoms with Crippen molar-refractivity contribution in [2.45, 2.75) is 40.2 Å². The molecule has 2 rings (SSSR count). The van der Waals surface area contributed by atoms with Gasteiger partial charge in [-0.1, -0.05) is 0 Å². The van der Waals surface area contributed by atoms with Crippen LogP contribution in [0.2, 0.25) is 0 Å². The Bertz CT molecular complexity index is 624. The molecule has 0 aliphatic carbocycles. The maximum absolute atomic E-state index is 12.2. The van der Waals surface area contributed by atoms with Crippen LogP contribution in [0.3, 0.4) is 0 Å². The second kappa shape index (κ2) is 5.48. The number of nitrogens with one attached hydrogen (secondary N) is 1. The summed E-state index contributed by atoms with van der Waals surface area (Å²) in [6.07, 6.45) is 2.02. The van der Waals surface area contributed by atoms with E-state index in [9.17, 15) is 4.79 Å². The first-order valence-electron chi connectivity index (χ1n) is 6.72. The molecule has 0 bridgehead atoms. The second-order valence-corrected chi connectivity index (χ2v) is 5.25. The lowest BCUT2D eigenvalue weighted by Gasteiger charge is -2.11. The highest BCUT2D eigenvalue weighted by Crippen LogP contribution is 2.16. The summed E-state index contributed by atoms with van der Waals surface area (Å²) in [4.78, 5) is 12.2. The predicted octanol–water partition coefficient (Wildman–Crippen LogP) is 2.00. The first kappa shape index (κ1) is 14.3. The topological polar surface area (TPSA) is 64.7 Å². The molecule has 6 heteroatoms. The number of aryl methyl sites for hydroxylation is 2. The molecule has 0 saturated carbocycles. The number of hydrogen-bond donors (Lipinski definition) is 1. The summed E-state index contributed by atoms with van der Waals surface area (Å²) in [7, 11) is 1.89. The number of carbonyl (C=O) groups is 1. The largest absolute Gasteiger partial charge is 0.311 e. The van der Waals surface area contributed by atoms with Crippen LogP contribution in [0.4, 0.5) is 5.82 Å². The Kier molecular flexibility index (Phi) is 3.92. The Balaban J connectivity index is 2.11. The van der Waals surface area contributed by atoms with Gasteiger partial charge in [-0.15, -0.1) is 0 Å². The van der Waals surface area contributed by atoms with Gasteiger partial charge < -0.3 is 5.32 Å². The van der Waals surface area contributed by atoms with E-state index in [1.165, 1.54) is 0 Å². The van der Waals surface area contributed by atoms with E-state index in [1.54, 1.807) is 21.6 Å². The molecule has 1 amide bonds. The summed E-state index contributed by atoms with van der Waals surface area (Å²) < 4.78 is 3.59. The Morgan fingerprint density at radius 2 is 2.10 bits per heavy atom. The van der Waals surface area contributed by atoms with E-state index < -0.39 is 0 Å². The number of carbonyl (C=O) groups excluding carboxylic acids is 1. The minimum absolute atomic E-state index is 0.0494. The molecule has 0 saturated heterocycles. The molecule has 0 radical (unpaired) electrons. The molecule has 0 aromatic carbocycles. The molecule has 0 spiro atoms. The van der Waals surface area contributed by atoms with Crippen molar-refractivity contribution < 1.29 is 4.79 Å². The van der Waals surface area contributed by atoms with E-state index in [2.05, 4.69) is 15.5 Å². The Hall–Kier alpha value is -2.11. The highest BCUT2D eigenvalue weighted by Gasteiger charge is 2.15. The Morgan fingerprint density at radius 1 is 1.40 bits per heavy atom. The van der Waals surface area contributed by atoms with Crippen molar-refractivity contribution in [1.82, 2.24) is 19.6 Å². The maximum atomic E-state index is 12.2. The summed E-state index contributed by atoms with van der Waals surface area (Å²) in [5.41, 5.74) is 2.91. The monoisotopic (exact) mass is 275 g/mol. The molecule has 2 aromatic rings. The average molecular weight is 275 g/mol. The van der Waals surface area contributed by atoms with Crippen LogP contribution in [0, 0.1) is 13.8 Å². The van der Waals surface area contributed by atoms with Crippen LogP contribution < -0.4 is 5.32 Å². The number of aromatic nitrogens is 4. The molecule has 2 aromatic heterocycles. The number of rotatable bonds is 4. The number of amides is 1. The summed E-state index contributed by atoms with van der Waals surface area (Å²) in [6, 6.07) is 2.02. The Morgan fingerprint density at radius 3 is 2.65 bits per heavy atom. The second-order valence-electron chi connectivity index (χ2n) is 5.25. The fourth-order valence-corrected chi connectivity index (χ4v) is 2.25. The van der Waals surface area contributed by atoms with Gasteiger partial charge in [0.1, 0.15) is 5.82 Å². The lowest BCUT2D eigenvalue weighted by Crippen LogP contribution is -2.19. The first-order chi connectivity index (χ1) is 9.40. The van der Waals surface area contributed by atoms with Crippen LogP contribution in [0.15, 0.2) is 12.3 Å². The minimum Gasteiger partial charge on any atom is -0.311 e. The highest BCUT2D eigenvalue weighted by atomic mass is 16.1. The fourth-order valence-electron chi connectivity index (χ4n) is 2.25. The van der Waals surface area contributed by atoms with Gasteiger partial charge in [-0.3, -0.25) is 9.48 Å². The SMILES string of the molecule is Cc1nn(C)c(C)c1CC(=O)Nc1ccnn1C(C)C. The van der Waals surface area contributed by atoms with E-state index in [0.29, 0.717) is 6.42 Å². The van der Waals surface area contributed by atoms with Crippen LogP contribution in [0.1, 0.15) is 36.8 Å². The maximum Gasteiger partial charge on any atom is 0.230 e. The first-order valence-corrected chi connectivity index (χ1v) is 6.72. The smallest absolute Gasteiger partial charge is 0.230 e. The van der Waals surface area contributed by atoms with Gasteiger partial charge in [-0.25, -0.2) is 4.68 Å². The quantitative estimate of drug-likeness (QED) is 0.928. The third kappa shape index (κ3) is 2.74. The van der Waals surface area contributed by atoms with Crippen molar-refractivity contribution in [3.8, 4) is 0 Å². The number of nitrogens with zero attached hydrogens (tertiary/aromatic N) is 4. The van der Waals surface area contributed by atoms with Crippen molar-refractivity contribution in [1.29, 1.82) is 0 Å². The zero-order chi connectivity index (χ0) is 14.9. The lowest BCUT2D eigenvalue weighted by molar-refractivity contribution is -0.115. The van der Waals surface area contributed by atoms with Gasteiger partial charge in [0.2, 0.25) is 5.91 Å². The van der Waals surface area contributed by atoms with Crippen LogP contribution in [-0.4, -0.2) is 25.5 Å². The molecule has 1 N–H and O–H groups in total. The van der Waals surface area contributed by atoms with E-state index >= 15 is 0 Å². The lowest BCUT2D eigenvalue weighted by atomic mass is 10.1. The molecule has 0 aliphatic rings. The van der Waals surface area contributed by atoms with Gasteiger partial charge in [-0.2, -0.15) is 10.2 Å². The van der Waals surface area contributed by atoms with E-state index in [0.717, 1.165) is 22.8 Å². The predicted molar refractivity (Wildman–Crippen MR) is 77.6 cm³/mol. The van der Waals surface area contributed by atoms with E-state index in [4.69, 9.17) is 0 Å². The zero-order valence-corrected chi connectivity index (χ0v) is 12.6. The summed E-state index contributed by atoms with van der Waals surface area (Å²) in [5.74, 6) is 0.677. The van der Waals surface area contributed by atoms with Crippen LogP contribution in [0.25, 0.3) is 0 Å². The van der Waals surface area contributed by atoms with Crippen LogP contribution in [0.5, 0.6) is 0 Å². The Labute approximate surface area is 118 Å². The molecule has 0 atom stereocenters. The fraction of sp³-hybridized carbons (Fsp3) is 0.500. The molecule has 108 valence electrons. The van der Waals surface area contributed by atoms with Crippen molar-refractivity contribution >= 4 is 11.7 Å². The van der Waals surface area contributed by atoms with Crippen molar-refractivity contribution in [2.24, 2.45) is 7.05 Å². The van der Waals surface area contributed by atoms with Crippen molar-refractivity contribution in [3.05, 3.63) is 29.2 Å². The minimum atomic E-state index is -0.0494. The van der Waals surface area contributed by atoms with Gasteiger partial charge >= 0.3 is 0 Å². The molecular weight excluding hydrogens is 254 g/mol. The molecular formula is C14H21N5O. The van der Waals surface area contributed by atoms with Crippen LogP contribution in [-0.2, 0) is 18.3 Å². The van der Waals surface area contributed by atoms with Gasteiger partial charge in [0.05, 0.1) is 18.3 Å². The molecule has 0 aliphatic heterocycles. The van der Waals surface area contributed by atoms with E-state index in [-0.39, 0.29) is 11.9 Å². The summed E-state index contributed by atoms with van der Waals surface area (Å²) in [5, 5.41) is 11.4. The molecule has 0 fully saturated rings. The highest BCUT2D eigenvalue weighted by molar-refractivity contribution is 5.91. The number of anilines is 1. The van der Waals surface area contributed by atoms with E-state index in [1.807, 2.05) is 34.7 Å². The van der Waals surface area contributed by atoms with Crippen LogP contribution >= 0.6 is 0 Å². The summed E-state index contributed by atoms with van der Waals surface area (Å²) in [6.45, 7) is 7.95. The van der Waals surface area contributed by atoms with Crippen molar-refractivity contribution in [3.63, 3.8) is 0 Å². The normalized spacial score (nSPS) is 11.1. The molecule has 2 heterocycles. The number of hydrogen-bond acceptors (Lipinski definition) is 3. The third-order valence-corrected chi connectivity index (χ3v) is 3.42. The summed E-state index contributed by atoms with van der Waals surface area (Å²) >= 11 is 0. The molecule has 6 nitrogen and oxygen atoms in total. The average Bonchev–Trinajstić information content (AvgIpc) is 2.90. The van der Waals surface area contributed by atoms with Gasteiger partial charge in [0, 0.05) is 30.4 Å². The zero-order valence-electron chi connectivity index (χ0n) is 12.6. The van der Waals surface area contributed by atoms with Gasteiger partial charge in [-0.05, 0) is 27.7 Å². The standard InChI is InChI=1S/C14H21N5O/c1-9(2)19-13(6-7-15-19)16-14(20)8-12-10(3)17-18(5)11(12)4/h6-7,9H,8H2,1-5H3,(H,16,20). The molecule has 20 heavy (non-hydrogen) atoms.